The van der Waals surface area contributed by atoms with Crippen LogP contribution >= 0.6 is 11.8 Å². The van der Waals surface area contributed by atoms with Crippen LogP contribution in [-0.4, -0.2) is 43.7 Å². The van der Waals surface area contributed by atoms with Crippen molar-refractivity contribution < 1.29 is 23.5 Å². The van der Waals surface area contributed by atoms with Crippen molar-refractivity contribution in [1.29, 1.82) is 0 Å². The zero-order valence-electron chi connectivity index (χ0n) is 14.8. The SMILES string of the molecule is COc1ccc(COC(=O)c2ccccc2SCC(=O)N(C)C)cc1F. The van der Waals surface area contributed by atoms with Crippen molar-refractivity contribution in [2.45, 2.75) is 11.5 Å². The Labute approximate surface area is 156 Å². The lowest BCUT2D eigenvalue weighted by Crippen LogP contribution is -2.23. The van der Waals surface area contributed by atoms with E-state index in [0.717, 1.165) is 0 Å². The average molecular weight is 377 g/mol. The number of esters is 1. The van der Waals surface area contributed by atoms with Crippen molar-refractivity contribution in [3.63, 3.8) is 0 Å². The fraction of sp³-hybridized carbons (Fsp3) is 0.263. The van der Waals surface area contributed by atoms with Crippen molar-refractivity contribution in [2.75, 3.05) is 27.0 Å². The molecule has 1 amide bonds. The topological polar surface area (TPSA) is 55.8 Å². The molecule has 0 aliphatic rings. The molecule has 0 radical (unpaired) electrons. The molecule has 0 aliphatic carbocycles. The minimum atomic E-state index is -0.526. The third kappa shape index (κ3) is 5.23. The first-order valence-corrected chi connectivity index (χ1v) is 8.82. The Kier molecular flexibility index (Phi) is 7.03. The molecule has 0 aromatic heterocycles. The molecular formula is C19H20FNO4S. The van der Waals surface area contributed by atoms with Crippen LogP contribution in [0.25, 0.3) is 0 Å². The highest BCUT2D eigenvalue weighted by Gasteiger charge is 2.15. The average Bonchev–Trinajstić information content (AvgIpc) is 2.64. The number of carbonyl (C=O) groups excluding carboxylic acids is 2. The Morgan fingerprint density at radius 2 is 1.88 bits per heavy atom. The molecule has 2 aromatic carbocycles. The summed E-state index contributed by atoms with van der Waals surface area (Å²) in [7, 11) is 4.74. The van der Waals surface area contributed by atoms with Crippen LogP contribution < -0.4 is 4.74 Å². The molecule has 2 aromatic rings. The summed E-state index contributed by atoms with van der Waals surface area (Å²) in [5.74, 6) is -0.735. The Morgan fingerprint density at radius 3 is 2.54 bits per heavy atom. The van der Waals surface area contributed by atoms with Gasteiger partial charge in [-0.15, -0.1) is 11.8 Å². The molecule has 7 heteroatoms. The minimum absolute atomic E-state index is 0.0492. The van der Waals surface area contributed by atoms with Crippen molar-refractivity contribution in [3.8, 4) is 5.75 Å². The van der Waals surface area contributed by atoms with Gasteiger partial charge in [-0.2, -0.15) is 0 Å². The van der Waals surface area contributed by atoms with Crippen molar-refractivity contribution in [2.24, 2.45) is 0 Å². The Bertz CT molecular complexity index is 795. The lowest BCUT2D eigenvalue weighted by Gasteiger charge is -2.12. The molecule has 0 bridgehead atoms. The third-order valence-electron chi connectivity index (χ3n) is 3.54. The molecule has 5 nitrogen and oxygen atoms in total. The molecule has 26 heavy (non-hydrogen) atoms. The van der Waals surface area contributed by atoms with Gasteiger partial charge >= 0.3 is 5.97 Å². The van der Waals surface area contributed by atoms with Gasteiger partial charge < -0.3 is 14.4 Å². The molecule has 0 fully saturated rings. The van der Waals surface area contributed by atoms with Crippen LogP contribution in [-0.2, 0) is 16.1 Å². The van der Waals surface area contributed by atoms with E-state index in [2.05, 4.69) is 0 Å². The predicted molar refractivity (Wildman–Crippen MR) is 97.9 cm³/mol. The number of hydrogen-bond acceptors (Lipinski definition) is 5. The van der Waals surface area contributed by atoms with Crippen molar-refractivity contribution in [3.05, 3.63) is 59.4 Å². The van der Waals surface area contributed by atoms with Gasteiger partial charge in [-0.05, 0) is 29.8 Å². The number of methoxy groups -OCH3 is 1. The second-order valence-electron chi connectivity index (χ2n) is 5.62. The van der Waals surface area contributed by atoms with Gasteiger partial charge in [0, 0.05) is 19.0 Å². The number of halogens is 1. The molecule has 0 heterocycles. The largest absolute Gasteiger partial charge is 0.494 e. The van der Waals surface area contributed by atoms with E-state index in [4.69, 9.17) is 9.47 Å². The number of thioether (sulfide) groups is 1. The van der Waals surface area contributed by atoms with Crippen molar-refractivity contribution >= 4 is 23.6 Å². The Morgan fingerprint density at radius 1 is 1.15 bits per heavy atom. The summed E-state index contributed by atoms with van der Waals surface area (Å²) in [5.41, 5.74) is 0.891. The van der Waals surface area contributed by atoms with Crippen LogP contribution in [0.4, 0.5) is 4.39 Å². The highest BCUT2D eigenvalue weighted by atomic mass is 32.2. The third-order valence-corrected chi connectivity index (χ3v) is 4.60. The summed E-state index contributed by atoms with van der Waals surface area (Å²) in [6.07, 6.45) is 0. The first-order chi connectivity index (χ1) is 12.4. The second-order valence-corrected chi connectivity index (χ2v) is 6.64. The molecular weight excluding hydrogens is 357 g/mol. The van der Waals surface area contributed by atoms with Gasteiger partial charge in [0.2, 0.25) is 5.91 Å². The lowest BCUT2D eigenvalue weighted by atomic mass is 10.2. The van der Waals surface area contributed by atoms with E-state index in [1.165, 1.54) is 35.9 Å². The van der Waals surface area contributed by atoms with E-state index >= 15 is 0 Å². The normalized spacial score (nSPS) is 10.3. The van der Waals surface area contributed by atoms with E-state index in [0.29, 0.717) is 16.0 Å². The number of ether oxygens (including phenoxy) is 2. The zero-order valence-corrected chi connectivity index (χ0v) is 15.6. The highest BCUT2D eigenvalue weighted by molar-refractivity contribution is 8.00. The summed E-state index contributed by atoms with van der Waals surface area (Å²) in [5, 5.41) is 0. The number of rotatable bonds is 7. The van der Waals surface area contributed by atoms with Crippen LogP contribution in [0, 0.1) is 5.82 Å². The maximum absolute atomic E-state index is 13.7. The van der Waals surface area contributed by atoms with Crippen LogP contribution in [0.3, 0.4) is 0 Å². The van der Waals surface area contributed by atoms with Gasteiger partial charge in [0.25, 0.3) is 0 Å². The van der Waals surface area contributed by atoms with E-state index in [1.54, 1.807) is 44.4 Å². The number of nitrogens with zero attached hydrogens (tertiary/aromatic N) is 1. The molecule has 0 N–H and O–H groups in total. The maximum Gasteiger partial charge on any atom is 0.339 e. The predicted octanol–water partition coefficient (Wildman–Crippen LogP) is 3.37. The zero-order chi connectivity index (χ0) is 19.1. The first kappa shape index (κ1) is 19.8. The second kappa shape index (κ2) is 9.24. The molecule has 2 rings (SSSR count). The Hall–Kier alpha value is -2.54. The molecule has 0 aliphatic heterocycles. The minimum Gasteiger partial charge on any atom is -0.494 e. The van der Waals surface area contributed by atoms with Crippen molar-refractivity contribution in [1.82, 2.24) is 4.90 Å². The number of amides is 1. The fourth-order valence-electron chi connectivity index (χ4n) is 2.06. The number of benzene rings is 2. The summed E-state index contributed by atoms with van der Waals surface area (Å²) in [6.45, 7) is -0.0601. The number of hydrogen-bond donors (Lipinski definition) is 0. The van der Waals surface area contributed by atoms with Gasteiger partial charge in [0.05, 0.1) is 18.4 Å². The van der Waals surface area contributed by atoms with Crippen LogP contribution in [0.15, 0.2) is 47.4 Å². The van der Waals surface area contributed by atoms with E-state index in [1.807, 2.05) is 0 Å². The highest BCUT2D eigenvalue weighted by Crippen LogP contribution is 2.24. The van der Waals surface area contributed by atoms with E-state index in [9.17, 15) is 14.0 Å². The van der Waals surface area contributed by atoms with Gasteiger partial charge in [-0.1, -0.05) is 18.2 Å². The van der Waals surface area contributed by atoms with Gasteiger partial charge in [0.1, 0.15) is 6.61 Å². The van der Waals surface area contributed by atoms with E-state index < -0.39 is 11.8 Å². The standard InChI is InChI=1S/C19H20FNO4S/c1-21(2)18(22)12-26-17-7-5-4-6-14(17)19(23)25-11-13-8-9-16(24-3)15(20)10-13/h4-10H,11-12H2,1-3H3. The van der Waals surface area contributed by atoms with Crippen LogP contribution in [0.1, 0.15) is 15.9 Å². The monoisotopic (exact) mass is 377 g/mol. The summed E-state index contributed by atoms with van der Waals surface area (Å²) < 4.78 is 23.8. The Balaban J connectivity index is 2.03. The molecule has 0 atom stereocenters. The number of carbonyl (C=O) groups is 2. The lowest BCUT2D eigenvalue weighted by molar-refractivity contribution is -0.125. The van der Waals surface area contributed by atoms with Crippen LogP contribution in [0.5, 0.6) is 5.75 Å². The molecule has 138 valence electrons. The van der Waals surface area contributed by atoms with Gasteiger partial charge in [-0.25, -0.2) is 9.18 Å². The maximum atomic E-state index is 13.7. The summed E-state index contributed by atoms with van der Waals surface area (Å²) in [4.78, 5) is 26.3. The molecule has 0 spiro atoms. The van der Waals surface area contributed by atoms with Crippen LogP contribution in [0.2, 0.25) is 0 Å². The van der Waals surface area contributed by atoms with Gasteiger partial charge in [-0.3, -0.25) is 4.79 Å². The smallest absolute Gasteiger partial charge is 0.339 e. The summed E-state index contributed by atoms with van der Waals surface area (Å²) >= 11 is 1.27. The van der Waals surface area contributed by atoms with E-state index in [-0.39, 0.29) is 24.0 Å². The fourth-order valence-corrected chi connectivity index (χ4v) is 3.07. The molecule has 0 unspecified atom stereocenters. The first-order valence-electron chi connectivity index (χ1n) is 7.84. The van der Waals surface area contributed by atoms with Gasteiger partial charge in [0.15, 0.2) is 11.6 Å². The molecule has 0 saturated heterocycles. The quantitative estimate of drug-likeness (QED) is 0.547. The summed E-state index contributed by atoms with van der Waals surface area (Å²) in [6, 6.07) is 11.3. The molecule has 0 saturated carbocycles.